The highest BCUT2D eigenvalue weighted by Crippen LogP contribution is 2.41. The van der Waals surface area contributed by atoms with Gasteiger partial charge >= 0.3 is 0 Å². The van der Waals surface area contributed by atoms with E-state index in [2.05, 4.69) is 98.0 Å². The van der Waals surface area contributed by atoms with E-state index in [1.54, 1.807) is 11.8 Å². The molecule has 1 aliphatic carbocycles. The first-order valence-corrected chi connectivity index (χ1v) is 11.8. The molecule has 2 aliphatic rings. The maximum absolute atomic E-state index is 5.00. The Morgan fingerprint density at radius 3 is 2.33 bits per heavy atom. The number of nitrogens with zero attached hydrogens (tertiary/aromatic N) is 1. The van der Waals surface area contributed by atoms with E-state index >= 15 is 0 Å². The predicted molar refractivity (Wildman–Crippen MR) is 124 cm³/mol. The molecule has 0 amide bonds. The zero-order valence-corrected chi connectivity index (χ0v) is 19.0. The summed E-state index contributed by atoms with van der Waals surface area (Å²) < 4.78 is 2.21. The number of halogens is 2. The standard InChI is InChI=1S/C22H20Br2N2S/c1-27-22-25-20(15-7-11-18(24)12-8-15)19-4-2-3-16(21(19)26-22)13-14-5-9-17(23)10-6-14/h5-13,20H,2-4H2,1H3,(H,25,26)/t20-/m0/s1. The first-order chi connectivity index (χ1) is 13.1. The number of allylic oxidation sites excluding steroid dienone is 1. The van der Waals surface area contributed by atoms with Gasteiger partial charge in [-0.3, -0.25) is 0 Å². The van der Waals surface area contributed by atoms with E-state index in [0.717, 1.165) is 27.0 Å². The number of amidine groups is 1. The molecule has 0 unspecified atom stereocenters. The summed E-state index contributed by atoms with van der Waals surface area (Å²) in [6.45, 7) is 0. The Balaban J connectivity index is 1.76. The van der Waals surface area contributed by atoms with E-state index in [9.17, 15) is 0 Å². The summed E-state index contributed by atoms with van der Waals surface area (Å²) >= 11 is 8.73. The van der Waals surface area contributed by atoms with Crippen molar-refractivity contribution in [3.05, 3.63) is 85.4 Å². The van der Waals surface area contributed by atoms with Gasteiger partial charge in [0.2, 0.25) is 0 Å². The third kappa shape index (κ3) is 4.25. The summed E-state index contributed by atoms with van der Waals surface area (Å²) in [5.41, 5.74) is 6.55. The van der Waals surface area contributed by atoms with Crippen LogP contribution in [0.15, 0.2) is 79.3 Å². The first kappa shape index (κ1) is 19.0. The van der Waals surface area contributed by atoms with Crippen LogP contribution in [0.1, 0.15) is 36.4 Å². The number of thioether (sulfide) groups is 1. The molecule has 0 spiro atoms. The van der Waals surface area contributed by atoms with Gasteiger partial charge in [0.1, 0.15) is 6.04 Å². The van der Waals surface area contributed by atoms with Crippen LogP contribution in [0.5, 0.6) is 0 Å². The SMILES string of the molecule is CSC1=N[C@@H](c2ccc(Br)cc2)C2=C(N1)C(=Cc1ccc(Br)cc1)CCC2. The summed E-state index contributed by atoms with van der Waals surface area (Å²) in [5, 5.41) is 4.59. The Morgan fingerprint density at radius 2 is 1.67 bits per heavy atom. The molecule has 1 aliphatic heterocycles. The summed E-state index contributed by atoms with van der Waals surface area (Å²) in [5.74, 6) is 0. The fraction of sp³-hybridized carbons (Fsp3) is 0.227. The lowest BCUT2D eigenvalue weighted by atomic mass is 9.84. The molecule has 0 saturated carbocycles. The van der Waals surface area contributed by atoms with Crippen LogP contribution in [0.2, 0.25) is 0 Å². The number of hydrogen-bond acceptors (Lipinski definition) is 3. The molecular weight excluding hydrogens is 484 g/mol. The van der Waals surface area contributed by atoms with Crippen LogP contribution in [-0.4, -0.2) is 11.4 Å². The molecule has 2 aromatic rings. The van der Waals surface area contributed by atoms with Crippen molar-refractivity contribution in [3.8, 4) is 0 Å². The van der Waals surface area contributed by atoms with Crippen molar-refractivity contribution in [1.29, 1.82) is 0 Å². The zero-order chi connectivity index (χ0) is 18.8. The van der Waals surface area contributed by atoms with Crippen molar-refractivity contribution in [3.63, 3.8) is 0 Å². The second kappa shape index (κ2) is 8.38. The number of nitrogens with one attached hydrogen (secondary N) is 1. The van der Waals surface area contributed by atoms with Crippen LogP contribution in [0.4, 0.5) is 0 Å². The highest BCUT2D eigenvalue weighted by atomic mass is 79.9. The van der Waals surface area contributed by atoms with E-state index in [0.29, 0.717) is 0 Å². The zero-order valence-electron chi connectivity index (χ0n) is 15.0. The lowest BCUT2D eigenvalue weighted by Gasteiger charge is -2.32. The number of hydrogen-bond donors (Lipinski definition) is 1. The molecule has 4 rings (SSSR count). The normalized spacial score (nSPS) is 20.9. The molecule has 138 valence electrons. The van der Waals surface area contributed by atoms with E-state index in [-0.39, 0.29) is 6.04 Å². The summed E-state index contributed by atoms with van der Waals surface area (Å²) in [6, 6.07) is 17.2. The Hall–Kier alpha value is -1.30. The Morgan fingerprint density at radius 1 is 1.00 bits per heavy atom. The summed E-state index contributed by atoms with van der Waals surface area (Å²) in [4.78, 5) is 5.00. The molecular formula is C22H20Br2N2S. The quantitative estimate of drug-likeness (QED) is 0.472. The molecule has 1 heterocycles. The molecule has 1 atom stereocenters. The van der Waals surface area contributed by atoms with Crippen LogP contribution < -0.4 is 5.32 Å². The van der Waals surface area contributed by atoms with Gasteiger partial charge < -0.3 is 5.32 Å². The van der Waals surface area contributed by atoms with Gasteiger partial charge in [-0.25, -0.2) is 4.99 Å². The highest BCUT2D eigenvalue weighted by molar-refractivity contribution is 9.10. The maximum atomic E-state index is 5.00. The average Bonchev–Trinajstić information content (AvgIpc) is 2.70. The smallest absolute Gasteiger partial charge is 0.161 e. The van der Waals surface area contributed by atoms with Gasteiger partial charge in [-0.2, -0.15) is 0 Å². The van der Waals surface area contributed by atoms with Crippen LogP contribution in [-0.2, 0) is 0 Å². The first-order valence-electron chi connectivity index (χ1n) is 8.98. The van der Waals surface area contributed by atoms with E-state index in [1.165, 1.54) is 34.4 Å². The molecule has 0 aromatic heterocycles. The van der Waals surface area contributed by atoms with Gasteiger partial charge in [-0.1, -0.05) is 67.9 Å². The van der Waals surface area contributed by atoms with E-state index < -0.39 is 0 Å². The summed E-state index contributed by atoms with van der Waals surface area (Å²) in [7, 11) is 0. The van der Waals surface area contributed by atoms with Crippen molar-refractivity contribution >= 4 is 54.9 Å². The molecule has 1 N–H and O–H groups in total. The summed E-state index contributed by atoms with van der Waals surface area (Å²) in [6.07, 6.45) is 7.75. The molecule has 2 aromatic carbocycles. The maximum Gasteiger partial charge on any atom is 0.161 e. The molecule has 2 nitrogen and oxygen atoms in total. The van der Waals surface area contributed by atoms with Crippen molar-refractivity contribution < 1.29 is 0 Å². The molecule has 0 saturated heterocycles. The number of rotatable bonds is 2. The van der Waals surface area contributed by atoms with Crippen molar-refractivity contribution in [2.45, 2.75) is 25.3 Å². The minimum atomic E-state index is 0.102. The third-order valence-corrected chi connectivity index (χ3v) is 6.58. The Kier molecular flexibility index (Phi) is 5.90. The highest BCUT2D eigenvalue weighted by Gasteiger charge is 2.29. The minimum Gasteiger partial charge on any atom is -0.335 e. The van der Waals surface area contributed by atoms with Gasteiger partial charge in [-0.05, 0) is 78.1 Å². The lowest BCUT2D eigenvalue weighted by molar-refractivity contribution is 0.659. The van der Waals surface area contributed by atoms with Crippen LogP contribution in [0.25, 0.3) is 6.08 Å². The molecule has 0 bridgehead atoms. The molecule has 27 heavy (non-hydrogen) atoms. The fourth-order valence-corrected chi connectivity index (χ4v) is 4.57. The number of benzene rings is 2. The van der Waals surface area contributed by atoms with Crippen LogP contribution >= 0.6 is 43.6 Å². The largest absolute Gasteiger partial charge is 0.335 e. The third-order valence-electron chi connectivity index (χ3n) is 4.93. The lowest BCUT2D eigenvalue weighted by Crippen LogP contribution is -2.30. The monoisotopic (exact) mass is 502 g/mol. The fourth-order valence-electron chi connectivity index (χ4n) is 3.62. The predicted octanol–water partition coefficient (Wildman–Crippen LogP) is 7.10. The van der Waals surface area contributed by atoms with Crippen molar-refractivity contribution in [1.82, 2.24) is 5.32 Å². The van der Waals surface area contributed by atoms with Gasteiger partial charge in [0.25, 0.3) is 0 Å². The topological polar surface area (TPSA) is 24.4 Å². The number of aliphatic imine (C=N–C) groups is 1. The average molecular weight is 504 g/mol. The van der Waals surface area contributed by atoms with Crippen LogP contribution in [0, 0.1) is 0 Å². The second-order valence-electron chi connectivity index (χ2n) is 6.69. The van der Waals surface area contributed by atoms with Crippen molar-refractivity contribution in [2.75, 3.05) is 6.26 Å². The molecule has 5 heteroatoms. The van der Waals surface area contributed by atoms with Gasteiger partial charge in [0.05, 0.1) is 0 Å². The molecule has 0 radical (unpaired) electrons. The van der Waals surface area contributed by atoms with Gasteiger partial charge in [0.15, 0.2) is 5.17 Å². The van der Waals surface area contributed by atoms with Crippen molar-refractivity contribution in [2.24, 2.45) is 4.99 Å². The van der Waals surface area contributed by atoms with Gasteiger partial charge in [0, 0.05) is 14.6 Å². The minimum absolute atomic E-state index is 0.102. The molecule has 0 fully saturated rings. The van der Waals surface area contributed by atoms with E-state index in [4.69, 9.17) is 4.99 Å². The van der Waals surface area contributed by atoms with Gasteiger partial charge in [-0.15, -0.1) is 0 Å². The Bertz CT molecular complexity index is 928. The van der Waals surface area contributed by atoms with Crippen LogP contribution in [0.3, 0.4) is 0 Å². The Labute approximate surface area is 181 Å². The second-order valence-corrected chi connectivity index (χ2v) is 9.32. The van der Waals surface area contributed by atoms with E-state index in [1.807, 2.05) is 0 Å².